The average Bonchev–Trinajstić information content (AvgIpc) is 2.78. The Morgan fingerprint density at radius 1 is 0.405 bits per heavy atom. The van der Waals surface area contributed by atoms with Crippen LogP contribution in [-0.4, -0.2) is 97.4 Å². The molecule has 2 aliphatic rings. The molecule has 0 aromatic carbocycles. The molecule has 0 aromatic rings. The number of nitrogens with zero attached hydrogens (tertiary/aromatic N) is 8. The third kappa shape index (κ3) is 22.1. The standard InChI is InChI=1S/2C16H30N4.Cu.Ni/c2*1-13-11-15(3,4)19-10-8-18-14(2)12-16(5,6)20-9-7-17-13;;/h2*7-12H2,1-6H3;;/q2*-2;2*+2. The van der Waals surface area contributed by atoms with Gasteiger partial charge >= 0.3 is 33.6 Å². The molecule has 0 spiro atoms. The van der Waals surface area contributed by atoms with Crippen LogP contribution < -0.4 is 0 Å². The Bertz CT molecular complexity index is 747. The summed E-state index contributed by atoms with van der Waals surface area (Å²) >= 11 is 0. The van der Waals surface area contributed by atoms with Crippen molar-refractivity contribution >= 4 is 22.8 Å². The Morgan fingerprint density at radius 2 is 0.571 bits per heavy atom. The summed E-state index contributed by atoms with van der Waals surface area (Å²) in [6.07, 6.45) is 3.66. The van der Waals surface area contributed by atoms with E-state index in [0.29, 0.717) is 0 Å². The van der Waals surface area contributed by atoms with E-state index < -0.39 is 0 Å². The number of hydrogen-bond acceptors (Lipinski definition) is 4. The first-order valence-corrected chi connectivity index (χ1v) is 15.1. The van der Waals surface area contributed by atoms with E-state index in [1.165, 1.54) is 22.8 Å². The van der Waals surface area contributed by atoms with Gasteiger partial charge in [0, 0.05) is 49.0 Å². The second kappa shape index (κ2) is 20.5. The Kier molecular flexibility index (Phi) is 21.4. The average molecular weight is 679 g/mol. The van der Waals surface area contributed by atoms with E-state index >= 15 is 0 Å². The minimum atomic E-state index is -0.0441. The van der Waals surface area contributed by atoms with E-state index in [9.17, 15) is 0 Å². The summed E-state index contributed by atoms with van der Waals surface area (Å²) < 4.78 is 0. The van der Waals surface area contributed by atoms with Gasteiger partial charge < -0.3 is 21.3 Å². The molecule has 0 saturated heterocycles. The van der Waals surface area contributed by atoms with Crippen molar-refractivity contribution in [3.8, 4) is 0 Å². The summed E-state index contributed by atoms with van der Waals surface area (Å²) in [5.74, 6) is 0. The minimum Gasteiger partial charge on any atom is -0.655 e. The molecular formula is C32H60CuN8Ni. The van der Waals surface area contributed by atoms with Crippen molar-refractivity contribution in [1.82, 2.24) is 0 Å². The van der Waals surface area contributed by atoms with Gasteiger partial charge in [-0.15, -0.1) is 48.3 Å². The Hall–Kier alpha value is -0.467. The summed E-state index contributed by atoms with van der Waals surface area (Å²) in [5.41, 5.74) is 4.50. The zero-order valence-corrected chi connectivity index (χ0v) is 30.6. The first kappa shape index (κ1) is 43.7. The van der Waals surface area contributed by atoms with Crippen molar-refractivity contribution < 1.29 is 33.6 Å². The molecule has 8 nitrogen and oxygen atoms in total. The second-order valence-corrected chi connectivity index (χ2v) is 14.0. The van der Waals surface area contributed by atoms with Gasteiger partial charge in [-0.2, -0.15) is 0 Å². The van der Waals surface area contributed by atoms with Crippen LogP contribution in [0.3, 0.4) is 0 Å². The monoisotopic (exact) mass is 677 g/mol. The maximum absolute atomic E-state index is 4.75. The summed E-state index contributed by atoms with van der Waals surface area (Å²) in [6, 6.07) is 0. The van der Waals surface area contributed by atoms with E-state index in [1.54, 1.807) is 0 Å². The Balaban J connectivity index is 0. The summed E-state index contributed by atoms with van der Waals surface area (Å²) in [4.78, 5) is 18.5. The predicted molar refractivity (Wildman–Crippen MR) is 180 cm³/mol. The molecule has 2 heterocycles. The normalized spacial score (nSPS) is 24.1. The van der Waals surface area contributed by atoms with Crippen molar-refractivity contribution in [2.75, 3.05) is 52.4 Å². The van der Waals surface area contributed by atoms with Crippen LogP contribution in [0.2, 0.25) is 0 Å². The third-order valence-electron chi connectivity index (χ3n) is 6.84. The van der Waals surface area contributed by atoms with Gasteiger partial charge in [0.1, 0.15) is 0 Å². The fraction of sp³-hybridized carbons (Fsp3) is 0.875. The van der Waals surface area contributed by atoms with Gasteiger partial charge in [-0.25, -0.2) is 0 Å². The zero-order valence-electron chi connectivity index (χ0n) is 28.7. The first-order valence-electron chi connectivity index (χ1n) is 15.1. The van der Waals surface area contributed by atoms with Gasteiger partial charge in [-0.05, 0) is 53.4 Å². The fourth-order valence-electron chi connectivity index (χ4n) is 5.33. The van der Waals surface area contributed by atoms with E-state index in [0.717, 1.165) is 78.0 Å². The molecule has 0 bridgehead atoms. The largest absolute Gasteiger partial charge is 2.00 e. The Labute approximate surface area is 279 Å². The molecule has 42 heavy (non-hydrogen) atoms. The number of aliphatic imine (C=N–C) groups is 4. The first-order chi connectivity index (χ1) is 18.4. The van der Waals surface area contributed by atoms with Crippen molar-refractivity contribution in [2.24, 2.45) is 20.0 Å². The van der Waals surface area contributed by atoms with Crippen LogP contribution in [0, 0.1) is 0 Å². The van der Waals surface area contributed by atoms with E-state index in [-0.39, 0.29) is 55.7 Å². The zero-order chi connectivity index (χ0) is 30.5. The quantitative estimate of drug-likeness (QED) is 0.232. The maximum atomic E-state index is 4.75. The molecule has 0 aromatic heterocycles. The SMILES string of the molecule is CC1=NCC[N-]C(C)(C)CC(C)=NCC[N-]C(C)(C)C1.CC1=NCC[N-]C(C)(C)CC(C)=NCC[N-]C(C)(C)C1.[Cu+2].[Ni+2]. The van der Waals surface area contributed by atoms with Gasteiger partial charge in [-0.1, -0.05) is 55.4 Å². The molecular weight excluding hydrogens is 619 g/mol. The van der Waals surface area contributed by atoms with Crippen molar-refractivity contribution in [3.63, 3.8) is 0 Å². The molecule has 2 rings (SSSR count). The maximum Gasteiger partial charge on any atom is 2.00 e. The molecule has 0 saturated carbocycles. The molecule has 2 aliphatic heterocycles. The second-order valence-electron chi connectivity index (χ2n) is 14.0. The summed E-state index contributed by atoms with van der Waals surface area (Å²) in [7, 11) is 0. The van der Waals surface area contributed by atoms with Crippen molar-refractivity contribution in [3.05, 3.63) is 21.3 Å². The van der Waals surface area contributed by atoms with Crippen LogP contribution in [0.15, 0.2) is 20.0 Å². The predicted octanol–water partition coefficient (Wildman–Crippen LogP) is 8.01. The molecule has 0 unspecified atom stereocenters. The summed E-state index contributed by atoms with van der Waals surface area (Å²) in [5, 5.41) is 19.0. The van der Waals surface area contributed by atoms with Crippen LogP contribution >= 0.6 is 0 Å². The van der Waals surface area contributed by atoms with Gasteiger partial charge in [0.2, 0.25) is 0 Å². The van der Waals surface area contributed by atoms with Gasteiger partial charge in [-0.3, -0.25) is 20.0 Å². The van der Waals surface area contributed by atoms with Gasteiger partial charge in [0.25, 0.3) is 0 Å². The third-order valence-corrected chi connectivity index (χ3v) is 6.84. The topological polar surface area (TPSA) is 106 Å². The number of rotatable bonds is 0. The Morgan fingerprint density at radius 3 is 0.738 bits per heavy atom. The molecule has 10 heteroatoms. The van der Waals surface area contributed by atoms with Crippen LogP contribution in [0.4, 0.5) is 0 Å². The molecule has 0 N–H and O–H groups in total. The van der Waals surface area contributed by atoms with E-state index in [4.69, 9.17) is 21.3 Å². The van der Waals surface area contributed by atoms with Crippen LogP contribution in [0.5, 0.6) is 0 Å². The molecule has 1 radical (unpaired) electrons. The fourth-order valence-corrected chi connectivity index (χ4v) is 5.33. The molecule has 0 aliphatic carbocycles. The van der Waals surface area contributed by atoms with E-state index in [1.807, 2.05) is 0 Å². The van der Waals surface area contributed by atoms with Crippen LogP contribution in [0.1, 0.15) is 109 Å². The molecule has 0 amide bonds. The summed E-state index contributed by atoms with van der Waals surface area (Å²) in [6.45, 7) is 32.0. The molecule has 0 atom stereocenters. The van der Waals surface area contributed by atoms with Crippen molar-refractivity contribution in [2.45, 2.75) is 131 Å². The molecule has 0 fully saturated rings. The minimum absolute atomic E-state index is 0. The smallest absolute Gasteiger partial charge is 0.655 e. The molecule has 249 valence electrons. The van der Waals surface area contributed by atoms with Crippen LogP contribution in [0.25, 0.3) is 21.3 Å². The van der Waals surface area contributed by atoms with E-state index in [2.05, 4.69) is 103 Å². The van der Waals surface area contributed by atoms with Crippen molar-refractivity contribution in [1.29, 1.82) is 0 Å². The van der Waals surface area contributed by atoms with Crippen LogP contribution in [-0.2, 0) is 33.6 Å². The number of hydrogen-bond donors (Lipinski definition) is 0. The van der Waals surface area contributed by atoms with Gasteiger partial charge in [0.05, 0.1) is 0 Å². The van der Waals surface area contributed by atoms with Gasteiger partial charge in [0.15, 0.2) is 0 Å².